The van der Waals surface area contributed by atoms with E-state index in [1.165, 1.54) is 0 Å². The van der Waals surface area contributed by atoms with Crippen molar-refractivity contribution in [1.29, 1.82) is 0 Å². The molecule has 0 aliphatic rings. The minimum absolute atomic E-state index is 0.461. The molecule has 0 aromatic carbocycles. The molecule has 0 radical (unpaired) electrons. The smallest absolute Gasteiger partial charge is 0.129 e. The molecule has 0 atom stereocenters. The zero-order valence-corrected chi connectivity index (χ0v) is 7.84. The van der Waals surface area contributed by atoms with Crippen molar-refractivity contribution in [2.24, 2.45) is 0 Å². The van der Waals surface area contributed by atoms with E-state index in [1.807, 2.05) is 13.0 Å². The SMILES string of the molecule is Cc1cc(CN(C)O)cc(Cl)n1. The summed E-state index contributed by atoms with van der Waals surface area (Å²) >= 11 is 5.72. The fourth-order valence-corrected chi connectivity index (χ4v) is 1.32. The van der Waals surface area contributed by atoms with Crippen LogP contribution >= 0.6 is 11.6 Å². The molecule has 1 heterocycles. The van der Waals surface area contributed by atoms with Crippen LogP contribution < -0.4 is 0 Å². The second kappa shape index (κ2) is 3.85. The number of aromatic nitrogens is 1. The second-order valence-corrected chi connectivity index (χ2v) is 3.14. The first-order valence-corrected chi connectivity index (χ1v) is 3.99. The predicted molar refractivity (Wildman–Crippen MR) is 47.2 cm³/mol. The van der Waals surface area contributed by atoms with Gasteiger partial charge in [0.15, 0.2) is 0 Å². The number of pyridine rings is 1. The number of hydrogen-bond donors (Lipinski definition) is 1. The van der Waals surface area contributed by atoms with Crippen LogP contribution in [0, 0.1) is 6.92 Å². The molecule has 4 heteroatoms. The van der Waals surface area contributed by atoms with Crippen LogP contribution in [-0.2, 0) is 6.54 Å². The van der Waals surface area contributed by atoms with Crippen molar-refractivity contribution in [2.75, 3.05) is 7.05 Å². The van der Waals surface area contributed by atoms with Gasteiger partial charge in [-0.05, 0) is 24.6 Å². The summed E-state index contributed by atoms with van der Waals surface area (Å²) in [5.74, 6) is 0. The van der Waals surface area contributed by atoms with Gasteiger partial charge in [-0.3, -0.25) is 0 Å². The topological polar surface area (TPSA) is 36.4 Å². The highest BCUT2D eigenvalue weighted by Gasteiger charge is 1.99. The molecule has 0 saturated carbocycles. The van der Waals surface area contributed by atoms with Gasteiger partial charge < -0.3 is 5.21 Å². The first-order chi connectivity index (χ1) is 5.58. The van der Waals surface area contributed by atoms with Crippen LogP contribution in [0.1, 0.15) is 11.3 Å². The van der Waals surface area contributed by atoms with Gasteiger partial charge in [0.25, 0.3) is 0 Å². The molecule has 0 aliphatic heterocycles. The lowest BCUT2D eigenvalue weighted by molar-refractivity contribution is -0.0731. The van der Waals surface area contributed by atoms with E-state index in [-0.39, 0.29) is 0 Å². The van der Waals surface area contributed by atoms with Gasteiger partial charge in [0.05, 0.1) is 0 Å². The monoisotopic (exact) mass is 186 g/mol. The summed E-state index contributed by atoms with van der Waals surface area (Å²) in [6.07, 6.45) is 0. The van der Waals surface area contributed by atoms with Crippen LogP contribution in [0.4, 0.5) is 0 Å². The van der Waals surface area contributed by atoms with E-state index in [2.05, 4.69) is 4.98 Å². The summed E-state index contributed by atoms with van der Waals surface area (Å²) in [6.45, 7) is 2.33. The molecule has 1 rings (SSSR count). The van der Waals surface area contributed by atoms with Crippen molar-refractivity contribution in [3.05, 3.63) is 28.5 Å². The number of halogens is 1. The number of hydroxylamine groups is 2. The highest BCUT2D eigenvalue weighted by Crippen LogP contribution is 2.11. The average molecular weight is 187 g/mol. The molecule has 1 aromatic rings. The molecule has 0 spiro atoms. The van der Waals surface area contributed by atoms with Crippen LogP contribution in [0.5, 0.6) is 0 Å². The minimum atomic E-state index is 0.461. The molecular formula is C8H11ClN2O. The number of aryl methyl sites for hydroxylation is 1. The quantitative estimate of drug-likeness (QED) is 0.566. The van der Waals surface area contributed by atoms with Crippen LogP contribution in [0.3, 0.4) is 0 Å². The third kappa shape index (κ3) is 2.77. The Bertz CT molecular complexity index is 256. The molecule has 12 heavy (non-hydrogen) atoms. The van der Waals surface area contributed by atoms with E-state index in [4.69, 9.17) is 16.8 Å². The highest BCUT2D eigenvalue weighted by molar-refractivity contribution is 6.29. The van der Waals surface area contributed by atoms with Gasteiger partial charge in [-0.15, -0.1) is 0 Å². The van der Waals surface area contributed by atoms with Crippen LogP contribution in [0.15, 0.2) is 12.1 Å². The molecule has 1 aromatic heterocycles. The molecule has 0 saturated heterocycles. The van der Waals surface area contributed by atoms with Crippen molar-refractivity contribution in [1.82, 2.24) is 10.0 Å². The lowest BCUT2D eigenvalue weighted by Crippen LogP contribution is -2.11. The fourth-order valence-electron chi connectivity index (χ4n) is 1.05. The van der Waals surface area contributed by atoms with E-state index >= 15 is 0 Å². The third-order valence-electron chi connectivity index (χ3n) is 1.39. The van der Waals surface area contributed by atoms with Crippen LogP contribution in [-0.4, -0.2) is 22.3 Å². The minimum Gasteiger partial charge on any atom is -0.314 e. The van der Waals surface area contributed by atoms with E-state index in [1.54, 1.807) is 13.1 Å². The van der Waals surface area contributed by atoms with E-state index in [0.29, 0.717) is 11.7 Å². The summed E-state index contributed by atoms with van der Waals surface area (Å²) in [5, 5.41) is 10.5. The lowest BCUT2D eigenvalue weighted by Gasteiger charge is -2.08. The Kier molecular flexibility index (Phi) is 3.03. The molecule has 3 nitrogen and oxygen atoms in total. The van der Waals surface area contributed by atoms with Crippen molar-refractivity contribution in [3.63, 3.8) is 0 Å². The van der Waals surface area contributed by atoms with E-state index in [0.717, 1.165) is 16.3 Å². The number of nitrogens with zero attached hydrogens (tertiary/aromatic N) is 2. The Hall–Kier alpha value is -0.640. The predicted octanol–water partition coefficient (Wildman–Crippen LogP) is 1.86. The molecule has 0 unspecified atom stereocenters. The Morgan fingerprint density at radius 2 is 2.25 bits per heavy atom. The molecule has 0 aliphatic carbocycles. The van der Waals surface area contributed by atoms with Crippen molar-refractivity contribution < 1.29 is 5.21 Å². The third-order valence-corrected chi connectivity index (χ3v) is 1.59. The maximum absolute atomic E-state index is 8.96. The van der Waals surface area contributed by atoms with Crippen LogP contribution in [0.25, 0.3) is 0 Å². The number of hydrogen-bond acceptors (Lipinski definition) is 3. The molecule has 0 fully saturated rings. The highest BCUT2D eigenvalue weighted by atomic mass is 35.5. The van der Waals surface area contributed by atoms with E-state index in [9.17, 15) is 0 Å². The summed E-state index contributed by atoms with van der Waals surface area (Å²) < 4.78 is 0. The maximum Gasteiger partial charge on any atom is 0.129 e. The normalized spacial score (nSPS) is 10.8. The summed E-state index contributed by atoms with van der Waals surface area (Å²) in [4.78, 5) is 4.01. The van der Waals surface area contributed by atoms with Crippen molar-refractivity contribution in [2.45, 2.75) is 13.5 Å². The summed E-state index contributed by atoms with van der Waals surface area (Å²) in [7, 11) is 1.59. The van der Waals surface area contributed by atoms with Gasteiger partial charge in [0, 0.05) is 19.3 Å². The van der Waals surface area contributed by atoms with Crippen molar-refractivity contribution in [3.8, 4) is 0 Å². The summed E-state index contributed by atoms with van der Waals surface area (Å²) in [6, 6.07) is 3.62. The Balaban J connectivity index is 2.85. The first-order valence-electron chi connectivity index (χ1n) is 3.61. The number of rotatable bonds is 2. The van der Waals surface area contributed by atoms with Crippen molar-refractivity contribution >= 4 is 11.6 Å². The zero-order valence-electron chi connectivity index (χ0n) is 7.08. The summed E-state index contributed by atoms with van der Waals surface area (Å²) in [5.41, 5.74) is 1.82. The average Bonchev–Trinajstić information content (AvgIpc) is 1.81. The Morgan fingerprint density at radius 3 is 2.75 bits per heavy atom. The molecule has 1 N–H and O–H groups in total. The molecular weight excluding hydrogens is 176 g/mol. The fraction of sp³-hybridized carbons (Fsp3) is 0.375. The van der Waals surface area contributed by atoms with Gasteiger partial charge in [0.2, 0.25) is 0 Å². The first kappa shape index (κ1) is 9.45. The molecule has 66 valence electrons. The molecule has 0 amide bonds. The van der Waals surface area contributed by atoms with E-state index < -0.39 is 0 Å². The largest absolute Gasteiger partial charge is 0.314 e. The molecule has 0 bridgehead atoms. The van der Waals surface area contributed by atoms with Gasteiger partial charge in [-0.1, -0.05) is 11.6 Å². The maximum atomic E-state index is 8.96. The van der Waals surface area contributed by atoms with Gasteiger partial charge >= 0.3 is 0 Å². The zero-order chi connectivity index (χ0) is 9.14. The van der Waals surface area contributed by atoms with Gasteiger partial charge in [-0.25, -0.2) is 4.98 Å². The Labute approximate surface area is 76.6 Å². The second-order valence-electron chi connectivity index (χ2n) is 2.76. The van der Waals surface area contributed by atoms with Gasteiger partial charge in [0.1, 0.15) is 5.15 Å². The standard InChI is InChI=1S/C8H11ClN2O/c1-6-3-7(5-11(2)12)4-8(9)10-6/h3-4,12H,5H2,1-2H3. The van der Waals surface area contributed by atoms with Crippen LogP contribution in [0.2, 0.25) is 5.15 Å². The Morgan fingerprint density at radius 1 is 1.58 bits per heavy atom. The van der Waals surface area contributed by atoms with Gasteiger partial charge in [-0.2, -0.15) is 5.06 Å². The lowest BCUT2D eigenvalue weighted by atomic mass is 10.2.